The Morgan fingerprint density at radius 1 is 1.22 bits per heavy atom. The zero-order chi connectivity index (χ0) is 13.1. The summed E-state index contributed by atoms with van der Waals surface area (Å²) in [5.74, 6) is -1.21. The van der Waals surface area contributed by atoms with E-state index in [0.717, 1.165) is 0 Å². The molecule has 1 aliphatic heterocycles. The molecular formula is C13H14FNO3. The summed E-state index contributed by atoms with van der Waals surface area (Å²) in [5.41, 5.74) is 0.540. The summed E-state index contributed by atoms with van der Waals surface area (Å²) in [7, 11) is 0. The molecule has 0 aliphatic carbocycles. The molecule has 0 radical (unpaired) electrons. The Morgan fingerprint density at radius 2 is 1.78 bits per heavy atom. The zero-order valence-electron chi connectivity index (χ0n) is 9.80. The number of Topliss-reactive ketones (excluding diaryl/α,β-unsaturated/α-hetero) is 1. The van der Waals surface area contributed by atoms with E-state index < -0.39 is 17.8 Å². The third kappa shape index (κ3) is 2.73. The van der Waals surface area contributed by atoms with Gasteiger partial charge in [-0.1, -0.05) is 12.1 Å². The second-order valence-corrected chi connectivity index (χ2v) is 4.37. The van der Waals surface area contributed by atoms with Crippen LogP contribution in [0.5, 0.6) is 0 Å². The predicted octanol–water partition coefficient (Wildman–Crippen LogP) is 1.62. The fourth-order valence-corrected chi connectivity index (χ4v) is 2.19. The minimum Gasteiger partial charge on any atom is -0.480 e. The molecule has 1 aliphatic rings. The van der Waals surface area contributed by atoms with Crippen LogP contribution in [0.1, 0.15) is 24.4 Å². The lowest BCUT2D eigenvalue weighted by atomic mass is 10.0. The van der Waals surface area contributed by atoms with Gasteiger partial charge in [0, 0.05) is 25.9 Å². The van der Waals surface area contributed by atoms with Gasteiger partial charge in [-0.2, -0.15) is 0 Å². The van der Waals surface area contributed by atoms with Gasteiger partial charge >= 0.3 is 5.97 Å². The average molecular weight is 251 g/mol. The number of ketones is 1. The minimum atomic E-state index is -0.976. The average Bonchev–Trinajstić information content (AvgIpc) is 2.34. The number of hydrogen-bond donors (Lipinski definition) is 1. The van der Waals surface area contributed by atoms with Crippen molar-refractivity contribution in [2.45, 2.75) is 18.9 Å². The summed E-state index contributed by atoms with van der Waals surface area (Å²) < 4.78 is 12.8. The van der Waals surface area contributed by atoms with Crippen molar-refractivity contribution in [3.05, 3.63) is 35.6 Å². The molecule has 4 nitrogen and oxygen atoms in total. The second kappa shape index (κ2) is 5.27. The number of benzene rings is 1. The van der Waals surface area contributed by atoms with Crippen LogP contribution in [0.2, 0.25) is 0 Å². The largest absolute Gasteiger partial charge is 0.480 e. The van der Waals surface area contributed by atoms with E-state index in [-0.39, 0.29) is 5.78 Å². The third-order valence-corrected chi connectivity index (χ3v) is 3.14. The van der Waals surface area contributed by atoms with E-state index in [9.17, 15) is 19.1 Å². The van der Waals surface area contributed by atoms with Crippen molar-refractivity contribution in [2.24, 2.45) is 0 Å². The Morgan fingerprint density at radius 3 is 2.28 bits per heavy atom. The monoisotopic (exact) mass is 251 g/mol. The molecule has 1 fully saturated rings. The lowest BCUT2D eigenvalue weighted by molar-refractivity contribution is -0.145. The first kappa shape index (κ1) is 12.7. The van der Waals surface area contributed by atoms with Crippen LogP contribution in [0.25, 0.3) is 0 Å². The van der Waals surface area contributed by atoms with Gasteiger partial charge in [0.1, 0.15) is 17.6 Å². The van der Waals surface area contributed by atoms with Gasteiger partial charge in [0.2, 0.25) is 0 Å². The highest BCUT2D eigenvalue weighted by Gasteiger charge is 2.30. The second-order valence-electron chi connectivity index (χ2n) is 4.37. The number of aliphatic carboxylic acids is 1. The van der Waals surface area contributed by atoms with Gasteiger partial charge in [0.25, 0.3) is 0 Å². The highest BCUT2D eigenvalue weighted by atomic mass is 19.1. The molecule has 0 amide bonds. The first-order valence-electron chi connectivity index (χ1n) is 5.82. The third-order valence-electron chi connectivity index (χ3n) is 3.14. The number of halogens is 1. The van der Waals surface area contributed by atoms with Crippen LogP contribution in [-0.4, -0.2) is 34.8 Å². The first-order chi connectivity index (χ1) is 8.58. The van der Waals surface area contributed by atoms with Crippen LogP contribution in [0.15, 0.2) is 24.3 Å². The van der Waals surface area contributed by atoms with E-state index in [0.29, 0.717) is 31.5 Å². The number of nitrogens with zero attached hydrogens (tertiary/aromatic N) is 1. The number of piperidine rings is 1. The van der Waals surface area contributed by atoms with E-state index in [2.05, 4.69) is 0 Å². The molecule has 18 heavy (non-hydrogen) atoms. The highest BCUT2D eigenvalue weighted by Crippen LogP contribution is 2.24. The van der Waals surface area contributed by atoms with Crippen molar-refractivity contribution in [2.75, 3.05) is 13.1 Å². The summed E-state index contributed by atoms with van der Waals surface area (Å²) in [5, 5.41) is 9.29. The molecule has 1 atom stereocenters. The van der Waals surface area contributed by atoms with Crippen molar-refractivity contribution in [1.82, 2.24) is 4.90 Å². The summed E-state index contributed by atoms with van der Waals surface area (Å²) in [4.78, 5) is 24.3. The highest BCUT2D eigenvalue weighted by molar-refractivity contribution is 5.80. The maximum atomic E-state index is 12.8. The normalized spacial score (nSPS) is 18.6. The Kier molecular flexibility index (Phi) is 3.72. The molecule has 96 valence electrons. The summed E-state index contributed by atoms with van der Waals surface area (Å²) in [6.45, 7) is 0.875. The number of hydrogen-bond acceptors (Lipinski definition) is 3. The fraction of sp³-hybridized carbons (Fsp3) is 0.385. The van der Waals surface area contributed by atoms with Gasteiger partial charge in [0.05, 0.1) is 0 Å². The van der Waals surface area contributed by atoms with Gasteiger partial charge in [0.15, 0.2) is 0 Å². The molecule has 5 heteroatoms. The smallest absolute Gasteiger partial charge is 0.325 e. The quantitative estimate of drug-likeness (QED) is 0.886. The Bertz CT molecular complexity index is 448. The number of carboxylic acids is 1. The molecule has 1 aromatic rings. The molecule has 0 aromatic heterocycles. The summed E-state index contributed by atoms with van der Waals surface area (Å²) in [6.07, 6.45) is 0.760. The van der Waals surface area contributed by atoms with Gasteiger partial charge in [-0.3, -0.25) is 14.5 Å². The number of carboxylic acid groups (broad SMARTS) is 1. The van der Waals surface area contributed by atoms with Crippen molar-refractivity contribution < 1.29 is 19.1 Å². The minimum absolute atomic E-state index is 0.162. The molecule has 2 rings (SSSR count). The topological polar surface area (TPSA) is 57.6 Å². The van der Waals surface area contributed by atoms with Crippen LogP contribution >= 0.6 is 0 Å². The van der Waals surface area contributed by atoms with Crippen LogP contribution in [0.4, 0.5) is 4.39 Å². The number of carbonyl (C=O) groups is 2. The Balaban J connectivity index is 2.20. The zero-order valence-corrected chi connectivity index (χ0v) is 9.80. The standard InChI is InChI=1S/C13H14FNO3/c14-10-3-1-9(2-4-10)12(13(17)18)15-7-5-11(16)6-8-15/h1-4,12H,5-8H2,(H,17,18). The van der Waals surface area contributed by atoms with Crippen molar-refractivity contribution >= 4 is 11.8 Å². The lowest BCUT2D eigenvalue weighted by Crippen LogP contribution is -2.40. The van der Waals surface area contributed by atoms with Gasteiger partial charge in [-0.25, -0.2) is 4.39 Å². The first-order valence-corrected chi connectivity index (χ1v) is 5.82. The molecule has 1 saturated heterocycles. The maximum absolute atomic E-state index is 12.8. The van der Waals surface area contributed by atoms with E-state index in [4.69, 9.17) is 0 Å². The van der Waals surface area contributed by atoms with E-state index >= 15 is 0 Å². The van der Waals surface area contributed by atoms with Crippen molar-refractivity contribution in [3.63, 3.8) is 0 Å². The van der Waals surface area contributed by atoms with Crippen molar-refractivity contribution in [3.8, 4) is 0 Å². The van der Waals surface area contributed by atoms with Crippen LogP contribution in [0.3, 0.4) is 0 Å². The van der Waals surface area contributed by atoms with Gasteiger partial charge in [-0.05, 0) is 17.7 Å². The molecule has 1 N–H and O–H groups in total. The molecule has 1 heterocycles. The molecule has 0 saturated carbocycles. The van der Waals surface area contributed by atoms with Crippen LogP contribution < -0.4 is 0 Å². The molecule has 1 aromatic carbocycles. The Hall–Kier alpha value is -1.75. The van der Waals surface area contributed by atoms with Gasteiger partial charge < -0.3 is 5.11 Å². The van der Waals surface area contributed by atoms with Crippen LogP contribution in [-0.2, 0) is 9.59 Å². The Labute approximate surface area is 104 Å². The summed E-state index contributed by atoms with van der Waals surface area (Å²) >= 11 is 0. The SMILES string of the molecule is O=C1CCN(C(C(=O)O)c2ccc(F)cc2)CC1. The van der Waals surface area contributed by atoms with Gasteiger partial charge in [-0.15, -0.1) is 0 Å². The summed E-state index contributed by atoms with van der Waals surface area (Å²) in [6, 6.07) is 4.65. The molecule has 1 unspecified atom stereocenters. The molecule has 0 bridgehead atoms. The fourth-order valence-electron chi connectivity index (χ4n) is 2.19. The number of carbonyl (C=O) groups excluding carboxylic acids is 1. The molecule has 0 spiro atoms. The predicted molar refractivity (Wildman–Crippen MR) is 62.6 cm³/mol. The maximum Gasteiger partial charge on any atom is 0.325 e. The van der Waals surface area contributed by atoms with E-state index in [1.54, 1.807) is 4.90 Å². The molecular weight excluding hydrogens is 237 g/mol. The lowest BCUT2D eigenvalue weighted by Gasteiger charge is -2.31. The number of likely N-dealkylation sites (tertiary alicyclic amines) is 1. The van der Waals surface area contributed by atoms with Crippen LogP contribution in [0, 0.1) is 5.82 Å². The van der Waals surface area contributed by atoms with Crippen molar-refractivity contribution in [1.29, 1.82) is 0 Å². The van der Waals surface area contributed by atoms with E-state index in [1.807, 2.05) is 0 Å². The number of rotatable bonds is 3. The van der Waals surface area contributed by atoms with E-state index in [1.165, 1.54) is 24.3 Å².